The molecule has 0 saturated carbocycles. The topological polar surface area (TPSA) is 57.9 Å². The van der Waals surface area contributed by atoms with E-state index in [-0.39, 0.29) is 18.3 Å². The van der Waals surface area contributed by atoms with Gasteiger partial charge in [0.1, 0.15) is 0 Å². The van der Waals surface area contributed by atoms with Crippen LogP contribution < -0.4 is 27.7 Å². The predicted molar refractivity (Wildman–Crippen MR) is 131 cm³/mol. The van der Waals surface area contributed by atoms with Gasteiger partial charge in [-0.05, 0) is 51.7 Å². The van der Waals surface area contributed by atoms with E-state index in [1.807, 2.05) is 77.5 Å². The molecule has 5 aromatic rings. The second-order valence-corrected chi connectivity index (χ2v) is 8.35. The van der Waals surface area contributed by atoms with Crippen molar-refractivity contribution in [3.63, 3.8) is 0 Å². The van der Waals surface area contributed by atoms with E-state index in [0.717, 1.165) is 38.2 Å². The molecule has 0 saturated heterocycles. The summed E-state index contributed by atoms with van der Waals surface area (Å²) in [5.41, 5.74) is 3.79. The van der Waals surface area contributed by atoms with E-state index < -0.39 is 0 Å². The van der Waals surface area contributed by atoms with E-state index in [9.17, 15) is 4.79 Å². The van der Waals surface area contributed by atoms with Crippen LogP contribution in [0.15, 0.2) is 97.1 Å². The Labute approximate surface area is 202 Å². The number of carbonyl (C=O) groups is 1. The second kappa shape index (κ2) is 9.81. The van der Waals surface area contributed by atoms with Crippen molar-refractivity contribution in [1.82, 2.24) is 5.10 Å². The minimum Gasteiger partial charge on any atom is -1.00 e. The number of rotatable bonds is 5. The molecule has 0 fully saturated rings. The third-order valence-electron chi connectivity index (χ3n) is 5.06. The summed E-state index contributed by atoms with van der Waals surface area (Å²) >= 11 is 1.58. The van der Waals surface area contributed by atoms with Crippen LogP contribution in [0.4, 0.5) is 16.5 Å². The molecule has 33 heavy (non-hydrogen) atoms. The number of nitrogens with zero attached hydrogens (tertiary/aromatic N) is 2. The zero-order valence-electron chi connectivity index (χ0n) is 17.8. The first-order valence-electron chi connectivity index (χ1n) is 10.3. The Balaban J connectivity index is 0.00000259. The standard InChI is InChI=1S/C26H20N4OS.ClH/c1-18(31)27-21-16-14-20(15-17-21)25-30(22-10-3-2-4-11-22)29-26(32-25)28-24-13-7-9-19-8-5-6-12-23(19)24;/h2-17H,1H3,(H,28,29);1H. The molecule has 5 nitrogen and oxygen atoms in total. The first-order valence-corrected chi connectivity index (χ1v) is 11.1. The summed E-state index contributed by atoms with van der Waals surface area (Å²) in [6.07, 6.45) is 0. The number of aromatic nitrogens is 2. The van der Waals surface area contributed by atoms with Gasteiger partial charge in [-0.25, -0.2) is 0 Å². The number of benzene rings is 4. The first-order chi connectivity index (χ1) is 15.7. The van der Waals surface area contributed by atoms with Crippen LogP contribution >= 0.6 is 11.3 Å². The minimum atomic E-state index is -0.0866. The Hall–Kier alpha value is -3.74. The average Bonchev–Trinajstić information content (AvgIpc) is 3.24. The summed E-state index contributed by atoms with van der Waals surface area (Å²) in [4.78, 5) is 11.3. The van der Waals surface area contributed by atoms with Crippen LogP contribution in [0.3, 0.4) is 0 Å². The lowest BCUT2D eigenvalue weighted by molar-refractivity contribution is -0.642. The molecule has 0 atom stereocenters. The summed E-state index contributed by atoms with van der Waals surface area (Å²) in [5, 5.41) is 15.3. The molecular weight excluding hydrogens is 452 g/mol. The van der Waals surface area contributed by atoms with Gasteiger partial charge in [0.25, 0.3) is 5.13 Å². The summed E-state index contributed by atoms with van der Waals surface area (Å²) < 4.78 is 1.95. The number of hydrogen-bond acceptors (Lipinski definition) is 4. The second-order valence-electron chi connectivity index (χ2n) is 7.37. The fourth-order valence-electron chi connectivity index (χ4n) is 3.62. The predicted octanol–water partition coefficient (Wildman–Crippen LogP) is 2.95. The Bertz CT molecular complexity index is 1400. The molecule has 7 heteroatoms. The minimum absolute atomic E-state index is 0. The van der Waals surface area contributed by atoms with Gasteiger partial charge in [-0.2, -0.15) is 0 Å². The maximum absolute atomic E-state index is 11.3. The summed E-state index contributed by atoms with van der Waals surface area (Å²) in [7, 11) is 0. The number of para-hydroxylation sites is 1. The van der Waals surface area contributed by atoms with Crippen molar-refractivity contribution < 1.29 is 21.9 Å². The Kier molecular flexibility index (Phi) is 6.68. The molecule has 0 unspecified atom stereocenters. The van der Waals surface area contributed by atoms with Crippen LogP contribution in [-0.2, 0) is 4.79 Å². The van der Waals surface area contributed by atoms with Gasteiger partial charge in [0.05, 0.1) is 5.56 Å². The highest BCUT2D eigenvalue weighted by Crippen LogP contribution is 2.31. The zero-order valence-corrected chi connectivity index (χ0v) is 19.4. The van der Waals surface area contributed by atoms with Crippen molar-refractivity contribution >= 4 is 44.5 Å². The van der Waals surface area contributed by atoms with Gasteiger partial charge < -0.3 is 23.0 Å². The number of amides is 1. The van der Waals surface area contributed by atoms with Gasteiger partial charge in [-0.15, -0.1) is 0 Å². The van der Waals surface area contributed by atoms with Gasteiger partial charge in [0.2, 0.25) is 11.6 Å². The van der Waals surface area contributed by atoms with Crippen LogP contribution in [0, 0.1) is 0 Å². The maximum Gasteiger partial charge on any atom is 0.304 e. The lowest BCUT2D eigenvalue weighted by Crippen LogP contribution is -3.00. The molecule has 0 bridgehead atoms. The Morgan fingerprint density at radius 2 is 1.55 bits per heavy atom. The molecule has 1 heterocycles. The highest BCUT2D eigenvalue weighted by Gasteiger charge is 2.24. The lowest BCUT2D eigenvalue weighted by Gasteiger charge is -2.05. The van der Waals surface area contributed by atoms with Crippen LogP contribution in [0.5, 0.6) is 0 Å². The van der Waals surface area contributed by atoms with Crippen LogP contribution in [0.2, 0.25) is 0 Å². The highest BCUT2D eigenvalue weighted by molar-refractivity contribution is 7.18. The van der Waals surface area contributed by atoms with E-state index >= 15 is 0 Å². The molecule has 0 spiro atoms. The van der Waals surface area contributed by atoms with Crippen molar-refractivity contribution in [2.24, 2.45) is 0 Å². The van der Waals surface area contributed by atoms with Gasteiger partial charge in [-0.1, -0.05) is 54.6 Å². The van der Waals surface area contributed by atoms with E-state index in [0.29, 0.717) is 0 Å². The Morgan fingerprint density at radius 3 is 2.30 bits per heavy atom. The highest BCUT2D eigenvalue weighted by atomic mass is 35.5. The molecule has 0 radical (unpaired) electrons. The molecule has 0 aliphatic rings. The van der Waals surface area contributed by atoms with Crippen LogP contribution in [0.1, 0.15) is 6.92 Å². The molecule has 5 rings (SSSR count). The smallest absolute Gasteiger partial charge is 0.304 e. The van der Waals surface area contributed by atoms with Crippen LogP contribution in [0.25, 0.3) is 27.0 Å². The molecule has 4 aromatic carbocycles. The quantitative estimate of drug-likeness (QED) is 0.387. The largest absolute Gasteiger partial charge is 1.00 e. The van der Waals surface area contributed by atoms with Crippen molar-refractivity contribution in [2.45, 2.75) is 6.92 Å². The Morgan fingerprint density at radius 1 is 0.848 bits per heavy atom. The summed E-state index contributed by atoms with van der Waals surface area (Å²) in [6.45, 7) is 1.51. The molecule has 164 valence electrons. The number of fused-ring (bicyclic) bond motifs is 1. The van der Waals surface area contributed by atoms with E-state index in [1.165, 1.54) is 12.3 Å². The molecular formula is C26H21ClN4OS. The fraction of sp³-hybridized carbons (Fsp3) is 0.0385. The number of halogens is 1. The molecule has 1 aromatic heterocycles. The lowest BCUT2D eigenvalue weighted by atomic mass is 10.1. The van der Waals surface area contributed by atoms with Gasteiger partial charge in [0.15, 0.2) is 0 Å². The number of nitrogens with one attached hydrogen (secondary N) is 2. The van der Waals surface area contributed by atoms with Gasteiger partial charge >= 0.3 is 5.01 Å². The van der Waals surface area contributed by atoms with E-state index in [4.69, 9.17) is 5.10 Å². The third kappa shape index (κ3) is 4.87. The maximum atomic E-state index is 11.3. The average molecular weight is 473 g/mol. The molecule has 2 N–H and O–H groups in total. The SMILES string of the molecule is CC(=O)Nc1ccc(-c2sc(Nc3cccc4ccccc34)n[n+]2-c2ccccc2)cc1.[Cl-]. The van der Waals surface area contributed by atoms with Gasteiger partial charge in [-0.3, -0.25) is 4.79 Å². The van der Waals surface area contributed by atoms with Crippen molar-refractivity contribution in [3.05, 3.63) is 97.1 Å². The summed E-state index contributed by atoms with van der Waals surface area (Å²) in [6, 6.07) is 32.4. The van der Waals surface area contributed by atoms with Crippen molar-refractivity contribution in [3.8, 4) is 16.3 Å². The number of hydrogen-bond donors (Lipinski definition) is 2. The van der Waals surface area contributed by atoms with E-state index in [1.54, 1.807) is 11.3 Å². The monoisotopic (exact) mass is 472 g/mol. The zero-order chi connectivity index (χ0) is 21.9. The van der Waals surface area contributed by atoms with Crippen LogP contribution in [-0.4, -0.2) is 11.0 Å². The number of anilines is 3. The number of carbonyl (C=O) groups excluding carboxylic acids is 1. The van der Waals surface area contributed by atoms with Gasteiger partial charge in [0, 0.05) is 40.9 Å². The van der Waals surface area contributed by atoms with Crippen molar-refractivity contribution in [1.29, 1.82) is 0 Å². The normalized spacial score (nSPS) is 10.5. The molecule has 0 aliphatic carbocycles. The van der Waals surface area contributed by atoms with Crippen molar-refractivity contribution in [2.75, 3.05) is 10.6 Å². The molecule has 1 amide bonds. The third-order valence-corrected chi connectivity index (χ3v) is 6.04. The summed E-state index contributed by atoms with van der Waals surface area (Å²) in [5.74, 6) is -0.0866. The van der Waals surface area contributed by atoms with E-state index in [2.05, 4.69) is 34.9 Å². The first kappa shape index (κ1) is 22.5. The molecule has 0 aliphatic heterocycles. The fourth-order valence-corrected chi connectivity index (χ4v) is 4.57.